The van der Waals surface area contributed by atoms with Gasteiger partial charge in [-0.2, -0.15) is 0 Å². The van der Waals surface area contributed by atoms with Gasteiger partial charge in [0.15, 0.2) is 0 Å². The molecule has 0 saturated heterocycles. The Morgan fingerprint density at radius 1 is 1.47 bits per heavy atom. The largest absolute Gasteiger partial charge is 0.469 e. The van der Waals surface area contributed by atoms with Crippen LogP contribution in [0.15, 0.2) is 34.6 Å². The van der Waals surface area contributed by atoms with E-state index in [1.165, 1.54) is 19.2 Å². The van der Waals surface area contributed by atoms with Crippen LogP contribution in [0, 0.1) is 4.91 Å². The van der Waals surface area contributed by atoms with Gasteiger partial charge in [-0.25, -0.2) is 0 Å². The summed E-state index contributed by atoms with van der Waals surface area (Å²) in [5, 5.41) is 6.11. The van der Waals surface area contributed by atoms with E-state index < -0.39 is 12.0 Å². The molecule has 1 aromatic carbocycles. The third kappa shape index (κ3) is 3.58. The maximum absolute atomic E-state index is 11.3. The lowest BCUT2D eigenvalue weighted by Crippen LogP contribution is -2.22. The molecule has 0 saturated carbocycles. The summed E-state index contributed by atoms with van der Waals surface area (Å²) >= 11 is 0. The van der Waals surface area contributed by atoms with Gasteiger partial charge in [0.05, 0.1) is 7.11 Å². The molecule has 0 heterocycles. The van der Waals surface area contributed by atoms with Crippen LogP contribution in [0.1, 0.15) is 5.56 Å². The standard InChI is InChI=1S/C10H10N4O3/c1-17-10(15)9(12-14-11)6-7-2-4-8(13-16)5-3-7/h2-5,9H,6H2,1H3. The Bertz CT molecular complexity index is 451. The smallest absolute Gasteiger partial charge is 0.314 e. The average Bonchev–Trinajstić information content (AvgIpc) is 2.38. The zero-order chi connectivity index (χ0) is 12.7. The van der Waals surface area contributed by atoms with E-state index in [9.17, 15) is 9.70 Å². The van der Waals surface area contributed by atoms with Crippen molar-refractivity contribution in [2.45, 2.75) is 12.5 Å². The first-order valence-electron chi connectivity index (χ1n) is 4.75. The monoisotopic (exact) mass is 234 g/mol. The molecular weight excluding hydrogens is 224 g/mol. The minimum atomic E-state index is -0.903. The van der Waals surface area contributed by atoms with Crippen LogP contribution in [-0.2, 0) is 16.0 Å². The minimum Gasteiger partial charge on any atom is -0.469 e. The Labute approximate surface area is 97.0 Å². The highest BCUT2D eigenvalue weighted by Crippen LogP contribution is 2.14. The Kier molecular flexibility index (Phi) is 4.65. The van der Waals surface area contributed by atoms with Crippen LogP contribution in [-0.4, -0.2) is 19.1 Å². The highest BCUT2D eigenvalue weighted by Gasteiger charge is 2.17. The van der Waals surface area contributed by atoms with Crippen LogP contribution in [0.25, 0.3) is 10.4 Å². The molecule has 7 heteroatoms. The van der Waals surface area contributed by atoms with Crippen molar-refractivity contribution in [2.24, 2.45) is 10.3 Å². The molecule has 0 fully saturated rings. The Balaban J connectivity index is 2.81. The molecule has 0 bridgehead atoms. The van der Waals surface area contributed by atoms with Crippen LogP contribution in [0.5, 0.6) is 0 Å². The number of nitrogens with zero attached hydrogens (tertiary/aromatic N) is 4. The molecule has 0 spiro atoms. The average molecular weight is 234 g/mol. The molecule has 1 rings (SSSR count). The molecule has 0 aliphatic carbocycles. The zero-order valence-electron chi connectivity index (χ0n) is 9.11. The topological polar surface area (TPSA) is 104 Å². The van der Waals surface area contributed by atoms with Crippen molar-refractivity contribution in [1.29, 1.82) is 0 Å². The molecule has 0 aliphatic heterocycles. The van der Waals surface area contributed by atoms with E-state index in [0.717, 1.165) is 5.56 Å². The fourth-order valence-electron chi connectivity index (χ4n) is 1.29. The number of methoxy groups -OCH3 is 1. The lowest BCUT2D eigenvalue weighted by molar-refractivity contribution is -0.142. The number of nitroso groups, excluding NO2 is 1. The molecule has 1 aromatic rings. The van der Waals surface area contributed by atoms with Gasteiger partial charge in [-0.15, -0.1) is 4.91 Å². The first-order chi connectivity index (χ1) is 8.21. The summed E-state index contributed by atoms with van der Waals surface area (Å²) < 4.78 is 4.51. The van der Waals surface area contributed by atoms with Crippen LogP contribution >= 0.6 is 0 Å². The Morgan fingerprint density at radius 2 is 2.12 bits per heavy atom. The van der Waals surface area contributed by atoms with Crippen molar-refractivity contribution in [3.05, 3.63) is 45.2 Å². The molecular formula is C10H10N4O3. The molecule has 0 aliphatic rings. The van der Waals surface area contributed by atoms with E-state index in [0.29, 0.717) is 5.69 Å². The number of rotatable bonds is 5. The van der Waals surface area contributed by atoms with Crippen molar-refractivity contribution in [1.82, 2.24) is 0 Å². The lowest BCUT2D eigenvalue weighted by atomic mass is 10.1. The van der Waals surface area contributed by atoms with E-state index in [4.69, 9.17) is 5.53 Å². The number of esters is 1. The van der Waals surface area contributed by atoms with Crippen LogP contribution in [0.4, 0.5) is 5.69 Å². The number of hydrogen-bond donors (Lipinski definition) is 0. The van der Waals surface area contributed by atoms with E-state index in [2.05, 4.69) is 19.9 Å². The van der Waals surface area contributed by atoms with E-state index in [-0.39, 0.29) is 6.42 Å². The molecule has 17 heavy (non-hydrogen) atoms. The van der Waals surface area contributed by atoms with Gasteiger partial charge in [0, 0.05) is 4.91 Å². The SMILES string of the molecule is COC(=O)C(Cc1ccc(N=O)cc1)N=[N+]=[N-]. The van der Waals surface area contributed by atoms with Gasteiger partial charge in [0.25, 0.3) is 0 Å². The fraction of sp³-hybridized carbons (Fsp3) is 0.300. The summed E-state index contributed by atoms with van der Waals surface area (Å²) in [5.41, 5.74) is 9.38. The van der Waals surface area contributed by atoms with Gasteiger partial charge in [0.1, 0.15) is 11.7 Å². The van der Waals surface area contributed by atoms with E-state index >= 15 is 0 Å². The molecule has 1 unspecified atom stereocenters. The van der Waals surface area contributed by atoms with Gasteiger partial charge in [-0.1, -0.05) is 17.2 Å². The maximum atomic E-state index is 11.3. The zero-order valence-corrected chi connectivity index (χ0v) is 9.11. The Hall–Kier alpha value is -2.40. The number of carbonyl (C=O) groups is 1. The number of ether oxygens (including phenoxy) is 1. The highest BCUT2D eigenvalue weighted by atomic mass is 16.5. The second-order valence-corrected chi connectivity index (χ2v) is 3.21. The summed E-state index contributed by atoms with van der Waals surface area (Å²) in [6, 6.07) is 5.42. The van der Waals surface area contributed by atoms with Gasteiger partial charge >= 0.3 is 5.97 Å². The molecule has 0 N–H and O–H groups in total. The first kappa shape index (κ1) is 12.7. The Morgan fingerprint density at radius 3 is 2.59 bits per heavy atom. The van der Waals surface area contributed by atoms with Gasteiger partial charge in [-0.05, 0) is 34.8 Å². The number of hydrogen-bond acceptors (Lipinski definition) is 5. The molecule has 0 aromatic heterocycles. The predicted molar refractivity (Wildman–Crippen MR) is 60.6 cm³/mol. The second kappa shape index (κ2) is 6.24. The van der Waals surface area contributed by atoms with Gasteiger partial charge in [0.2, 0.25) is 0 Å². The van der Waals surface area contributed by atoms with Gasteiger partial charge in [-0.3, -0.25) is 4.79 Å². The highest BCUT2D eigenvalue weighted by molar-refractivity contribution is 5.76. The first-order valence-corrected chi connectivity index (χ1v) is 4.75. The molecule has 0 amide bonds. The molecule has 0 radical (unpaired) electrons. The summed E-state index contributed by atoms with van der Waals surface area (Å²) in [6.45, 7) is 0. The molecule has 7 nitrogen and oxygen atoms in total. The van der Waals surface area contributed by atoms with Crippen LogP contribution < -0.4 is 0 Å². The van der Waals surface area contributed by atoms with Crippen molar-refractivity contribution < 1.29 is 9.53 Å². The third-order valence-electron chi connectivity index (χ3n) is 2.14. The minimum absolute atomic E-state index is 0.218. The second-order valence-electron chi connectivity index (χ2n) is 3.21. The third-order valence-corrected chi connectivity index (χ3v) is 2.14. The summed E-state index contributed by atoms with van der Waals surface area (Å²) in [6.07, 6.45) is 0.218. The molecule has 1 atom stereocenters. The van der Waals surface area contributed by atoms with Crippen molar-refractivity contribution in [3.63, 3.8) is 0 Å². The van der Waals surface area contributed by atoms with Crippen molar-refractivity contribution >= 4 is 11.7 Å². The van der Waals surface area contributed by atoms with Gasteiger partial charge < -0.3 is 4.74 Å². The maximum Gasteiger partial charge on any atom is 0.314 e. The van der Waals surface area contributed by atoms with Crippen LogP contribution in [0.2, 0.25) is 0 Å². The van der Waals surface area contributed by atoms with Crippen LogP contribution in [0.3, 0.4) is 0 Å². The number of benzene rings is 1. The summed E-state index contributed by atoms with van der Waals surface area (Å²) in [5.74, 6) is -0.597. The van der Waals surface area contributed by atoms with E-state index in [1.807, 2.05) is 0 Å². The van der Waals surface area contributed by atoms with Crippen molar-refractivity contribution in [3.8, 4) is 0 Å². The number of carbonyl (C=O) groups excluding carboxylic acids is 1. The fourth-order valence-corrected chi connectivity index (χ4v) is 1.29. The quantitative estimate of drug-likeness (QED) is 0.257. The normalized spacial score (nSPS) is 11.1. The van der Waals surface area contributed by atoms with E-state index in [1.54, 1.807) is 12.1 Å². The summed E-state index contributed by atoms with van der Waals surface area (Å²) in [4.78, 5) is 24.1. The summed E-state index contributed by atoms with van der Waals surface area (Å²) in [7, 11) is 1.22. The molecule has 88 valence electrons. The lowest BCUT2D eigenvalue weighted by Gasteiger charge is -2.08. The van der Waals surface area contributed by atoms with Crippen molar-refractivity contribution in [2.75, 3.05) is 7.11 Å². The predicted octanol–water partition coefficient (Wildman–Crippen LogP) is 2.48. The number of azide groups is 1.